The monoisotopic (exact) mass is 268 g/mol. The lowest BCUT2D eigenvalue weighted by Crippen LogP contribution is -2.37. The Morgan fingerprint density at radius 3 is 2.63 bits per heavy atom. The third-order valence-electron chi connectivity index (χ3n) is 4.51. The van der Waals surface area contributed by atoms with Gasteiger partial charge in [0.05, 0.1) is 5.84 Å². The van der Waals surface area contributed by atoms with Gasteiger partial charge < -0.3 is 15.5 Å². The molecule has 1 fully saturated rings. The van der Waals surface area contributed by atoms with Gasteiger partial charge >= 0.3 is 0 Å². The van der Waals surface area contributed by atoms with Crippen molar-refractivity contribution < 1.29 is 0 Å². The van der Waals surface area contributed by atoms with E-state index in [0.717, 1.165) is 25.4 Å². The zero-order valence-electron chi connectivity index (χ0n) is 13.2. The van der Waals surface area contributed by atoms with Crippen molar-refractivity contribution in [2.45, 2.75) is 52.0 Å². The van der Waals surface area contributed by atoms with E-state index in [1.165, 1.54) is 32.4 Å². The van der Waals surface area contributed by atoms with Gasteiger partial charge in [-0.2, -0.15) is 0 Å². The van der Waals surface area contributed by atoms with E-state index in [2.05, 4.69) is 37.7 Å². The molecule has 1 aliphatic rings. The molecule has 0 aliphatic carbocycles. The molecule has 0 bridgehead atoms. The molecular weight excluding hydrogens is 236 g/mol. The van der Waals surface area contributed by atoms with Crippen molar-refractivity contribution in [3.8, 4) is 0 Å². The van der Waals surface area contributed by atoms with Crippen molar-refractivity contribution in [1.29, 1.82) is 5.41 Å². The van der Waals surface area contributed by atoms with Crippen molar-refractivity contribution in [3.05, 3.63) is 0 Å². The summed E-state index contributed by atoms with van der Waals surface area (Å²) in [6.07, 6.45) is 6.06. The highest BCUT2D eigenvalue weighted by Crippen LogP contribution is 2.22. The SMILES string of the molecule is CN(CCCCC(C)(C)C(=N)N)CC1CCCN1C. The van der Waals surface area contributed by atoms with E-state index in [9.17, 15) is 0 Å². The second kappa shape index (κ2) is 7.25. The lowest BCUT2D eigenvalue weighted by atomic mass is 9.86. The van der Waals surface area contributed by atoms with Crippen LogP contribution in [0, 0.1) is 10.8 Å². The molecule has 1 heterocycles. The third kappa shape index (κ3) is 5.49. The molecule has 0 saturated carbocycles. The maximum absolute atomic E-state index is 7.55. The molecule has 0 radical (unpaired) electrons. The summed E-state index contributed by atoms with van der Waals surface area (Å²) >= 11 is 0. The van der Waals surface area contributed by atoms with Crippen LogP contribution in [0.5, 0.6) is 0 Å². The van der Waals surface area contributed by atoms with Crippen LogP contribution in [-0.4, -0.2) is 55.4 Å². The van der Waals surface area contributed by atoms with Gasteiger partial charge in [0.25, 0.3) is 0 Å². The first-order chi connectivity index (χ1) is 8.83. The summed E-state index contributed by atoms with van der Waals surface area (Å²) in [6.45, 7) is 7.72. The highest BCUT2D eigenvalue weighted by Gasteiger charge is 2.22. The van der Waals surface area contributed by atoms with Crippen LogP contribution >= 0.6 is 0 Å². The molecule has 1 rings (SSSR count). The van der Waals surface area contributed by atoms with E-state index in [0.29, 0.717) is 5.84 Å². The molecule has 1 saturated heterocycles. The summed E-state index contributed by atoms with van der Waals surface area (Å²) in [5.41, 5.74) is 5.47. The summed E-state index contributed by atoms with van der Waals surface area (Å²) in [6, 6.07) is 0.749. The Balaban J connectivity index is 2.13. The maximum atomic E-state index is 7.55. The predicted octanol–water partition coefficient (Wildman–Crippen LogP) is 2.14. The molecule has 4 heteroatoms. The highest BCUT2D eigenvalue weighted by atomic mass is 15.2. The summed E-state index contributed by atoms with van der Waals surface area (Å²) in [5, 5.41) is 7.55. The zero-order valence-corrected chi connectivity index (χ0v) is 13.2. The van der Waals surface area contributed by atoms with Crippen molar-refractivity contribution >= 4 is 5.84 Å². The summed E-state index contributed by atoms with van der Waals surface area (Å²) in [7, 11) is 4.46. The van der Waals surface area contributed by atoms with Gasteiger partial charge in [0.2, 0.25) is 0 Å². The molecule has 112 valence electrons. The van der Waals surface area contributed by atoms with Crippen molar-refractivity contribution in [1.82, 2.24) is 9.80 Å². The summed E-state index contributed by atoms with van der Waals surface area (Å²) in [5.74, 6) is 0.313. The van der Waals surface area contributed by atoms with Gasteiger partial charge in [-0.3, -0.25) is 5.41 Å². The number of hydrogen-bond acceptors (Lipinski definition) is 3. The Hall–Kier alpha value is -0.610. The van der Waals surface area contributed by atoms with Gasteiger partial charge in [0, 0.05) is 18.0 Å². The second-order valence-electron chi connectivity index (χ2n) is 6.79. The van der Waals surface area contributed by atoms with Gasteiger partial charge in [-0.25, -0.2) is 0 Å². The molecule has 0 aromatic rings. The molecule has 0 aromatic heterocycles. The molecule has 0 aromatic carbocycles. The minimum absolute atomic E-state index is 0.135. The lowest BCUT2D eigenvalue weighted by molar-refractivity contribution is 0.216. The number of unbranched alkanes of at least 4 members (excludes halogenated alkanes) is 1. The molecule has 1 aliphatic heterocycles. The fourth-order valence-corrected chi connectivity index (χ4v) is 2.74. The van der Waals surface area contributed by atoms with Crippen LogP contribution in [0.2, 0.25) is 0 Å². The van der Waals surface area contributed by atoms with Crippen LogP contribution in [0.1, 0.15) is 46.0 Å². The Morgan fingerprint density at radius 1 is 1.42 bits per heavy atom. The minimum atomic E-state index is -0.135. The zero-order chi connectivity index (χ0) is 14.5. The number of nitrogens with zero attached hydrogens (tertiary/aromatic N) is 2. The number of hydrogen-bond donors (Lipinski definition) is 2. The fourth-order valence-electron chi connectivity index (χ4n) is 2.74. The molecule has 3 N–H and O–H groups in total. The average Bonchev–Trinajstić information content (AvgIpc) is 2.70. The van der Waals surface area contributed by atoms with Crippen molar-refractivity contribution in [2.75, 3.05) is 33.7 Å². The van der Waals surface area contributed by atoms with E-state index >= 15 is 0 Å². The van der Waals surface area contributed by atoms with Gasteiger partial charge in [-0.05, 0) is 52.9 Å². The first-order valence-electron chi connectivity index (χ1n) is 7.56. The predicted molar refractivity (Wildman–Crippen MR) is 82.7 cm³/mol. The summed E-state index contributed by atoms with van der Waals surface area (Å²) < 4.78 is 0. The molecule has 1 atom stereocenters. The highest BCUT2D eigenvalue weighted by molar-refractivity contribution is 5.82. The Labute approximate surface area is 118 Å². The molecule has 19 heavy (non-hydrogen) atoms. The first kappa shape index (κ1) is 16.4. The van der Waals surface area contributed by atoms with Gasteiger partial charge in [-0.15, -0.1) is 0 Å². The standard InChI is InChI=1S/C15H32N4/c1-15(2,14(16)17)9-5-6-10-18(3)12-13-8-7-11-19(13)4/h13H,5-12H2,1-4H3,(H3,16,17). The lowest BCUT2D eigenvalue weighted by Gasteiger charge is -2.26. The van der Waals surface area contributed by atoms with E-state index in [1.807, 2.05) is 0 Å². The van der Waals surface area contributed by atoms with Crippen LogP contribution in [0.3, 0.4) is 0 Å². The topological polar surface area (TPSA) is 56.4 Å². The number of amidine groups is 1. The van der Waals surface area contributed by atoms with Crippen LogP contribution in [0.15, 0.2) is 0 Å². The molecule has 1 unspecified atom stereocenters. The fraction of sp³-hybridized carbons (Fsp3) is 0.933. The van der Waals surface area contributed by atoms with E-state index in [-0.39, 0.29) is 5.41 Å². The third-order valence-corrected chi connectivity index (χ3v) is 4.51. The first-order valence-corrected chi connectivity index (χ1v) is 7.56. The maximum Gasteiger partial charge on any atom is 0.0963 e. The number of rotatable bonds is 8. The van der Waals surface area contributed by atoms with Gasteiger partial charge in [0.1, 0.15) is 0 Å². The van der Waals surface area contributed by atoms with Crippen LogP contribution < -0.4 is 5.73 Å². The number of likely N-dealkylation sites (tertiary alicyclic amines) is 1. The second-order valence-corrected chi connectivity index (χ2v) is 6.79. The van der Waals surface area contributed by atoms with Crippen LogP contribution in [-0.2, 0) is 0 Å². The van der Waals surface area contributed by atoms with Gasteiger partial charge in [0.15, 0.2) is 0 Å². The molecule has 0 amide bonds. The normalized spacial score (nSPS) is 21.2. The molecular formula is C15H32N4. The van der Waals surface area contributed by atoms with E-state index in [1.54, 1.807) is 0 Å². The quantitative estimate of drug-likeness (QED) is 0.403. The summed E-state index contributed by atoms with van der Waals surface area (Å²) in [4.78, 5) is 4.93. The van der Waals surface area contributed by atoms with Crippen LogP contribution in [0.4, 0.5) is 0 Å². The minimum Gasteiger partial charge on any atom is -0.387 e. The smallest absolute Gasteiger partial charge is 0.0963 e. The van der Waals surface area contributed by atoms with Gasteiger partial charge in [-0.1, -0.05) is 20.3 Å². The molecule has 0 spiro atoms. The Bertz CT molecular complexity index is 288. The van der Waals surface area contributed by atoms with Crippen molar-refractivity contribution in [2.24, 2.45) is 11.1 Å². The van der Waals surface area contributed by atoms with Crippen LogP contribution in [0.25, 0.3) is 0 Å². The van der Waals surface area contributed by atoms with E-state index in [4.69, 9.17) is 11.1 Å². The number of likely N-dealkylation sites (N-methyl/N-ethyl adjacent to an activating group) is 2. The Morgan fingerprint density at radius 2 is 2.11 bits per heavy atom. The number of nitrogens with one attached hydrogen (secondary N) is 1. The average molecular weight is 268 g/mol. The molecule has 4 nitrogen and oxygen atoms in total. The largest absolute Gasteiger partial charge is 0.387 e. The van der Waals surface area contributed by atoms with E-state index < -0.39 is 0 Å². The van der Waals surface area contributed by atoms with Crippen molar-refractivity contribution in [3.63, 3.8) is 0 Å². The number of nitrogens with two attached hydrogens (primary N) is 1. The Kier molecular flexibility index (Phi) is 6.27.